The van der Waals surface area contributed by atoms with E-state index in [1.165, 1.54) is 0 Å². The number of rotatable bonds is 1. The molecular weight excluding hydrogens is 192 g/mol. The number of carbonyl (C=O) groups is 1. The van der Waals surface area contributed by atoms with Gasteiger partial charge < -0.3 is 15.4 Å². The Morgan fingerprint density at radius 3 is 2.73 bits per heavy atom. The lowest BCUT2D eigenvalue weighted by molar-refractivity contribution is 0.0291. The number of carbonyl (C=O) groups excluding carboxylic acids is 1. The highest BCUT2D eigenvalue weighted by Crippen LogP contribution is 2.19. The Morgan fingerprint density at radius 1 is 1.53 bits per heavy atom. The first-order valence-corrected chi connectivity index (χ1v) is 5.28. The zero-order chi connectivity index (χ0) is 11.5. The Kier molecular flexibility index (Phi) is 3.61. The largest absolute Gasteiger partial charge is 0.444 e. The molecule has 1 aliphatic rings. The smallest absolute Gasteiger partial charge is 0.410 e. The molecule has 1 amide bonds. The van der Waals surface area contributed by atoms with E-state index in [9.17, 15) is 4.79 Å². The zero-order valence-corrected chi connectivity index (χ0v) is 9.69. The summed E-state index contributed by atoms with van der Waals surface area (Å²) in [6.45, 7) is 7.08. The highest BCUT2D eigenvalue weighted by molar-refractivity contribution is 5.68. The molecule has 2 N–H and O–H groups in total. The van der Waals surface area contributed by atoms with Crippen molar-refractivity contribution < 1.29 is 9.53 Å². The van der Waals surface area contributed by atoms with Crippen LogP contribution in [-0.4, -0.2) is 29.7 Å². The molecule has 0 bridgehead atoms. The van der Waals surface area contributed by atoms with Crippen molar-refractivity contribution >= 4 is 6.09 Å². The number of nitrogens with zero attached hydrogens (tertiary/aromatic N) is 1. The van der Waals surface area contributed by atoms with E-state index in [-0.39, 0.29) is 6.09 Å². The lowest BCUT2D eigenvalue weighted by atomic mass is 10.1. The molecular formula is C11H20N2O2. The maximum absolute atomic E-state index is 11.7. The molecule has 1 heterocycles. The van der Waals surface area contributed by atoms with Crippen LogP contribution in [0.4, 0.5) is 4.79 Å². The first-order chi connectivity index (χ1) is 6.92. The fourth-order valence-electron chi connectivity index (χ4n) is 1.59. The Hall–Kier alpha value is -1.19. The van der Waals surface area contributed by atoms with Crippen molar-refractivity contribution in [2.75, 3.05) is 13.1 Å². The SMILES string of the molecule is CC(C)(C)OC(=O)N1CCC(/C=C\N)C1. The highest BCUT2D eigenvalue weighted by atomic mass is 16.6. The van der Waals surface area contributed by atoms with Gasteiger partial charge in [0.1, 0.15) is 5.60 Å². The lowest BCUT2D eigenvalue weighted by Gasteiger charge is -2.24. The van der Waals surface area contributed by atoms with E-state index in [1.54, 1.807) is 11.1 Å². The molecule has 0 spiro atoms. The van der Waals surface area contributed by atoms with Crippen molar-refractivity contribution in [3.63, 3.8) is 0 Å². The third-order valence-corrected chi connectivity index (χ3v) is 2.26. The van der Waals surface area contributed by atoms with Crippen LogP contribution in [0.2, 0.25) is 0 Å². The first-order valence-electron chi connectivity index (χ1n) is 5.28. The van der Waals surface area contributed by atoms with Crippen molar-refractivity contribution in [2.24, 2.45) is 11.7 Å². The topological polar surface area (TPSA) is 55.6 Å². The van der Waals surface area contributed by atoms with Crippen molar-refractivity contribution in [1.82, 2.24) is 4.90 Å². The third-order valence-electron chi connectivity index (χ3n) is 2.26. The van der Waals surface area contributed by atoms with Crippen LogP contribution >= 0.6 is 0 Å². The van der Waals surface area contributed by atoms with Gasteiger partial charge >= 0.3 is 6.09 Å². The van der Waals surface area contributed by atoms with Gasteiger partial charge in [0.05, 0.1) is 0 Å². The number of hydrogen-bond donors (Lipinski definition) is 1. The van der Waals surface area contributed by atoms with E-state index in [2.05, 4.69) is 0 Å². The predicted molar refractivity (Wildman–Crippen MR) is 59.2 cm³/mol. The first kappa shape index (κ1) is 11.9. The molecule has 15 heavy (non-hydrogen) atoms. The van der Waals surface area contributed by atoms with Gasteiger partial charge in [-0.25, -0.2) is 4.79 Å². The fourth-order valence-corrected chi connectivity index (χ4v) is 1.59. The van der Waals surface area contributed by atoms with Crippen LogP contribution in [0.5, 0.6) is 0 Å². The van der Waals surface area contributed by atoms with Crippen LogP contribution in [0.15, 0.2) is 12.3 Å². The normalized spacial score (nSPS) is 22.3. The maximum atomic E-state index is 11.7. The van der Waals surface area contributed by atoms with Crippen LogP contribution in [0, 0.1) is 5.92 Å². The van der Waals surface area contributed by atoms with Gasteiger partial charge in [-0.2, -0.15) is 0 Å². The monoisotopic (exact) mass is 212 g/mol. The van der Waals surface area contributed by atoms with E-state index in [1.807, 2.05) is 26.8 Å². The number of nitrogens with two attached hydrogens (primary N) is 1. The minimum Gasteiger partial charge on any atom is -0.444 e. The van der Waals surface area contributed by atoms with Gasteiger partial charge in [0.15, 0.2) is 0 Å². The highest BCUT2D eigenvalue weighted by Gasteiger charge is 2.28. The summed E-state index contributed by atoms with van der Waals surface area (Å²) >= 11 is 0. The molecule has 1 aliphatic heterocycles. The molecule has 1 atom stereocenters. The summed E-state index contributed by atoms with van der Waals surface area (Å²) < 4.78 is 5.28. The number of hydrogen-bond acceptors (Lipinski definition) is 3. The summed E-state index contributed by atoms with van der Waals surface area (Å²) in [5, 5.41) is 0. The second-order valence-electron chi connectivity index (χ2n) is 4.86. The minimum atomic E-state index is -0.418. The Balaban J connectivity index is 2.43. The van der Waals surface area contributed by atoms with E-state index >= 15 is 0 Å². The Morgan fingerprint density at radius 2 is 2.20 bits per heavy atom. The van der Waals surface area contributed by atoms with Crippen LogP contribution < -0.4 is 5.73 Å². The molecule has 0 saturated carbocycles. The van der Waals surface area contributed by atoms with Gasteiger partial charge in [0.2, 0.25) is 0 Å². The molecule has 1 fully saturated rings. The van der Waals surface area contributed by atoms with Gasteiger partial charge in [0.25, 0.3) is 0 Å². The summed E-state index contributed by atoms with van der Waals surface area (Å²) in [5.74, 6) is 0.377. The van der Waals surface area contributed by atoms with Crippen molar-refractivity contribution in [3.8, 4) is 0 Å². The molecule has 0 aromatic carbocycles. The van der Waals surface area contributed by atoms with Crippen molar-refractivity contribution in [1.29, 1.82) is 0 Å². The number of ether oxygens (including phenoxy) is 1. The number of likely N-dealkylation sites (tertiary alicyclic amines) is 1. The average Bonchev–Trinajstić information content (AvgIpc) is 2.50. The fraction of sp³-hybridized carbons (Fsp3) is 0.727. The van der Waals surface area contributed by atoms with Crippen LogP contribution in [0.25, 0.3) is 0 Å². The summed E-state index contributed by atoms with van der Waals surface area (Å²) in [6.07, 6.45) is 4.22. The molecule has 4 nitrogen and oxygen atoms in total. The Labute approximate surface area is 91.1 Å². The standard InChI is InChI=1S/C11H20N2O2/c1-11(2,3)15-10(14)13-7-5-9(8-13)4-6-12/h4,6,9H,5,7-8,12H2,1-3H3/b6-4-. The van der Waals surface area contributed by atoms with E-state index in [0.717, 1.165) is 13.0 Å². The molecule has 0 aliphatic carbocycles. The summed E-state index contributed by atoms with van der Waals surface area (Å²) in [4.78, 5) is 13.4. The second kappa shape index (κ2) is 4.55. The van der Waals surface area contributed by atoms with Gasteiger partial charge in [-0.15, -0.1) is 0 Å². The Bertz CT molecular complexity index is 256. The van der Waals surface area contributed by atoms with Gasteiger partial charge in [0, 0.05) is 13.1 Å². The third kappa shape index (κ3) is 3.81. The molecule has 0 radical (unpaired) electrons. The van der Waals surface area contributed by atoms with Crippen molar-refractivity contribution in [3.05, 3.63) is 12.3 Å². The van der Waals surface area contributed by atoms with Crippen LogP contribution in [0.1, 0.15) is 27.2 Å². The predicted octanol–water partition coefficient (Wildman–Crippen LogP) is 1.72. The van der Waals surface area contributed by atoms with Crippen LogP contribution in [-0.2, 0) is 4.74 Å². The van der Waals surface area contributed by atoms with E-state index in [0.29, 0.717) is 12.5 Å². The second-order valence-corrected chi connectivity index (χ2v) is 4.86. The quantitative estimate of drug-likeness (QED) is 0.720. The van der Waals surface area contributed by atoms with E-state index < -0.39 is 5.60 Å². The van der Waals surface area contributed by atoms with Gasteiger partial charge in [-0.05, 0) is 39.3 Å². The summed E-state index contributed by atoms with van der Waals surface area (Å²) in [7, 11) is 0. The average molecular weight is 212 g/mol. The van der Waals surface area contributed by atoms with E-state index in [4.69, 9.17) is 10.5 Å². The molecule has 1 unspecified atom stereocenters. The van der Waals surface area contributed by atoms with Crippen LogP contribution in [0.3, 0.4) is 0 Å². The molecule has 86 valence electrons. The van der Waals surface area contributed by atoms with Crippen molar-refractivity contribution in [2.45, 2.75) is 32.8 Å². The molecule has 1 saturated heterocycles. The van der Waals surface area contributed by atoms with Gasteiger partial charge in [-0.1, -0.05) is 6.08 Å². The zero-order valence-electron chi connectivity index (χ0n) is 9.69. The molecule has 1 rings (SSSR count). The summed E-state index contributed by atoms with van der Waals surface area (Å²) in [5.41, 5.74) is 4.90. The minimum absolute atomic E-state index is 0.226. The molecule has 4 heteroatoms. The lowest BCUT2D eigenvalue weighted by Crippen LogP contribution is -2.35. The molecule has 0 aromatic heterocycles. The van der Waals surface area contributed by atoms with Gasteiger partial charge in [-0.3, -0.25) is 0 Å². The summed E-state index contributed by atoms with van der Waals surface area (Å²) in [6, 6.07) is 0. The molecule has 0 aromatic rings. The number of amides is 1. The maximum Gasteiger partial charge on any atom is 0.410 e.